The van der Waals surface area contributed by atoms with E-state index in [-0.39, 0.29) is 5.56 Å². The van der Waals surface area contributed by atoms with Crippen molar-refractivity contribution >= 4 is 29.3 Å². The highest BCUT2D eigenvalue weighted by atomic mass is 35.5. The van der Waals surface area contributed by atoms with Crippen LogP contribution in [0.1, 0.15) is 28.8 Å². The first-order valence-electron chi connectivity index (χ1n) is 5.88. The average molecular weight is 287 g/mol. The lowest BCUT2D eigenvalue weighted by Gasteiger charge is -2.09. The maximum Gasteiger partial charge on any atom is 0.335 e. The fraction of sp³-hybridized carbons (Fsp3) is 0.462. The third-order valence-electron chi connectivity index (χ3n) is 2.89. The number of carboxylic acids is 1. The first-order valence-corrected chi connectivity index (χ1v) is 7.41. The maximum atomic E-state index is 10.8. The SMILES string of the molecule is O=C(O)c1ccc(CSCC2CCCO2)c(Cl)c1. The number of aromatic carboxylic acids is 1. The van der Waals surface area contributed by atoms with Crippen molar-refractivity contribution in [1.29, 1.82) is 0 Å². The van der Waals surface area contributed by atoms with E-state index in [1.54, 1.807) is 23.9 Å². The topological polar surface area (TPSA) is 46.5 Å². The smallest absolute Gasteiger partial charge is 0.335 e. The van der Waals surface area contributed by atoms with Crippen molar-refractivity contribution in [2.45, 2.75) is 24.7 Å². The molecule has 1 aliphatic heterocycles. The summed E-state index contributed by atoms with van der Waals surface area (Å²) in [5.41, 5.74) is 1.21. The summed E-state index contributed by atoms with van der Waals surface area (Å²) in [5, 5.41) is 9.36. The van der Waals surface area contributed by atoms with Gasteiger partial charge in [0.05, 0.1) is 11.7 Å². The minimum Gasteiger partial charge on any atom is -0.478 e. The molecular formula is C13H15ClO3S. The van der Waals surface area contributed by atoms with Crippen molar-refractivity contribution in [3.05, 3.63) is 34.3 Å². The van der Waals surface area contributed by atoms with E-state index < -0.39 is 5.97 Å². The molecule has 98 valence electrons. The van der Waals surface area contributed by atoms with Gasteiger partial charge in [0.15, 0.2) is 0 Å². The number of hydrogen-bond donors (Lipinski definition) is 1. The molecule has 18 heavy (non-hydrogen) atoms. The minimum atomic E-state index is -0.949. The Bertz CT molecular complexity index is 430. The van der Waals surface area contributed by atoms with E-state index in [4.69, 9.17) is 21.4 Å². The lowest BCUT2D eigenvalue weighted by Crippen LogP contribution is -2.08. The fourth-order valence-electron chi connectivity index (χ4n) is 1.87. The van der Waals surface area contributed by atoms with Crippen LogP contribution in [0.25, 0.3) is 0 Å². The Hall–Kier alpha value is -0.710. The van der Waals surface area contributed by atoms with Crippen LogP contribution >= 0.6 is 23.4 Å². The van der Waals surface area contributed by atoms with Crippen LogP contribution in [0, 0.1) is 0 Å². The van der Waals surface area contributed by atoms with Crippen molar-refractivity contribution in [3.63, 3.8) is 0 Å². The average Bonchev–Trinajstić information content (AvgIpc) is 2.84. The number of hydrogen-bond acceptors (Lipinski definition) is 3. The molecule has 1 atom stereocenters. The second-order valence-electron chi connectivity index (χ2n) is 4.26. The van der Waals surface area contributed by atoms with E-state index in [0.717, 1.165) is 36.5 Å². The van der Waals surface area contributed by atoms with Crippen LogP contribution in [0.3, 0.4) is 0 Å². The number of carboxylic acid groups (broad SMARTS) is 1. The predicted molar refractivity (Wildman–Crippen MR) is 73.5 cm³/mol. The summed E-state index contributed by atoms with van der Waals surface area (Å²) in [7, 11) is 0. The molecule has 1 fully saturated rings. The van der Waals surface area contributed by atoms with E-state index in [1.807, 2.05) is 0 Å². The largest absolute Gasteiger partial charge is 0.478 e. The number of benzene rings is 1. The Balaban J connectivity index is 1.87. The highest BCUT2D eigenvalue weighted by Gasteiger charge is 2.15. The third kappa shape index (κ3) is 3.64. The van der Waals surface area contributed by atoms with Crippen LogP contribution in [0.2, 0.25) is 5.02 Å². The molecule has 0 aliphatic carbocycles. The molecule has 1 unspecified atom stereocenters. The van der Waals surface area contributed by atoms with Crippen molar-refractivity contribution in [2.24, 2.45) is 0 Å². The van der Waals surface area contributed by atoms with Gasteiger partial charge in [-0.05, 0) is 30.5 Å². The first-order chi connectivity index (χ1) is 8.66. The molecule has 1 heterocycles. The molecule has 0 bridgehead atoms. The Morgan fingerprint density at radius 1 is 1.56 bits per heavy atom. The number of halogens is 1. The molecular weight excluding hydrogens is 272 g/mol. The van der Waals surface area contributed by atoms with Crippen LogP contribution in [-0.4, -0.2) is 29.5 Å². The zero-order valence-corrected chi connectivity index (χ0v) is 11.5. The van der Waals surface area contributed by atoms with Crippen molar-refractivity contribution < 1.29 is 14.6 Å². The van der Waals surface area contributed by atoms with Gasteiger partial charge < -0.3 is 9.84 Å². The summed E-state index contributed by atoms with van der Waals surface area (Å²) < 4.78 is 5.54. The molecule has 1 aliphatic rings. The predicted octanol–water partition coefficient (Wildman–Crippen LogP) is 3.45. The van der Waals surface area contributed by atoms with E-state index in [0.29, 0.717) is 11.1 Å². The molecule has 5 heteroatoms. The Morgan fingerprint density at radius 2 is 2.39 bits per heavy atom. The van der Waals surface area contributed by atoms with Crippen LogP contribution in [0.4, 0.5) is 0 Å². The molecule has 1 saturated heterocycles. The van der Waals surface area contributed by atoms with Gasteiger partial charge in [-0.3, -0.25) is 0 Å². The molecule has 0 saturated carbocycles. The fourth-order valence-corrected chi connectivity index (χ4v) is 3.32. The first kappa shape index (κ1) is 13.7. The van der Waals surface area contributed by atoms with Gasteiger partial charge in [-0.2, -0.15) is 11.8 Å². The molecule has 1 aromatic carbocycles. The lowest BCUT2D eigenvalue weighted by atomic mass is 10.1. The van der Waals surface area contributed by atoms with Gasteiger partial charge in [-0.15, -0.1) is 0 Å². The molecule has 0 amide bonds. The number of rotatable bonds is 5. The quantitative estimate of drug-likeness (QED) is 0.900. The Kier molecular flexibility index (Phi) is 4.92. The zero-order chi connectivity index (χ0) is 13.0. The van der Waals surface area contributed by atoms with E-state index in [9.17, 15) is 4.79 Å². The molecule has 1 aromatic rings. The van der Waals surface area contributed by atoms with Crippen LogP contribution in [0.5, 0.6) is 0 Å². The normalized spacial score (nSPS) is 19.1. The van der Waals surface area contributed by atoms with E-state index in [1.165, 1.54) is 6.07 Å². The maximum absolute atomic E-state index is 10.8. The van der Waals surface area contributed by atoms with Gasteiger partial charge in [-0.1, -0.05) is 17.7 Å². The van der Waals surface area contributed by atoms with Gasteiger partial charge in [0, 0.05) is 23.1 Å². The molecule has 3 nitrogen and oxygen atoms in total. The molecule has 0 radical (unpaired) electrons. The van der Waals surface area contributed by atoms with Crippen LogP contribution in [-0.2, 0) is 10.5 Å². The second kappa shape index (κ2) is 6.45. The van der Waals surface area contributed by atoms with Gasteiger partial charge >= 0.3 is 5.97 Å². The van der Waals surface area contributed by atoms with Crippen LogP contribution in [0.15, 0.2) is 18.2 Å². The third-order valence-corrected chi connectivity index (χ3v) is 4.36. The Morgan fingerprint density at radius 3 is 3.00 bits per heavy atom. The summed E-state index contributed by atoms with van der Waals surface area (Å²) in [5.74, 6) is 0.811. The number of thioether (sulfide) groups is 1. The zero-order valence-electron chi connectivity index (χ0n) is 9.89. The highest BCUT2D eigenvalue weighted by molar-refractivity contribution is 7.98. The Labute approximate surface area is 115 Å². The van der Waals surface area contributed by atoms with Crippen LogP contribution < -0.4 is 0 Å². The lowest BCUT2D eigenvalue weighted by molar-refractivity contribution is 0.0697. The molecule has 2 rings (SSSR count). The second-order valence-corrected chi connectivity index (χ2v) is 5.70. The van der Waals surface area contributed by atoms with Gasteiger partial charge in [-0.25, -0.2) is 4.79 Å². The molecule has 1 N–H and O–H groups in total. The highest BCUT2D eigenvalue weighted by Crippen LogP contribution is 2.25. The standard InChI is InChI=1S/C13H15ClO3S/c14-12-6-9(13(15)16)3-4-10(12)7-18-8-11-2-1-5-17-11/h3-4,6,11H,1-2,5,7-8H2,(H,15,16). The van der Waals surface area contributed by atoms with Gasteiger partial charge in [0.1, 0.15) is 0 Å². The summed E-state index contributed by atoms with van der Waals surface area (Å²) in [6.07, 6.45) is 2.66. The van der Waals surface area contributed by atoms with Gasteiger partial charge in [0.2, 0.25) is 0 Å². The monoisotopic (exact) mass is 286 g/mol. The summed E-state index contributed by atoms with van der Waals surface area (Å²) in [6.45, 7) is 0.874. The number of carbonyl (C=O) groups is 1. The van der Waals surface area contributed by atoms with Crippen molar-refractivity contribution in [3.8, 4) is 0 Å². The summed E-state index contributed by atoms with van der Waals surface area (Å²) >= 11 is 7.84. The minimum absolute atomic E-state index is 0.230. The summed E-state index contributed by atoms with van der Waals surface area (Å²) in [4.78, 5) is 10.8. The number of ether oxygens (including phenoxy) is 1. The molecule has 0 aromatic heterocycles. The van der Waals surface area contributed by atoms with Gasteiger partial charge in [0.25, 0.3) is 0 Å². The van der Waals surface area contributed by atoms with Crippen molar-refractivity contribution in [2.75, 3.05) is 12.4 Å². The van der Waals surface area contributed by atoms with E-state index in [2.05, 4.69) is 0 Å². The molecule has 0 spiro atoms. The van der Waals surface area contributed by atoms with E-state index >= 15 is 0 Å². The summed E-state index contributed by atoms with van der Waals surface area (Å²) in [6, 6.07) is 4.89. The van der Waals surface area contributed by atoms with Crippen molar-refractivity contribution in [1.82, 2.24) is 0 Å².